The van der Waals surface area contributed by atoms with E-state index in [1.807, 2.05) is 23.8 Å². The summed E-state index contributed by atoms with van der Waals surface area (Å²) in [5.41, 5.74) is 0.753. The number of hydrogen-bond acceptors (Lipinski definition) is 6. The van der Waals surface area contributed by atoms with Gasteiger partial charge >= 0.3 is 0 Å². The fourth-order valence-corrected chi connectivity index (χ4v) is 3.13. The number of amides is 1. The molecule has 0 unspecified atom stereocenters. The van der Waals surface area contributed by atoms with E-state index in [-0.39, 0.29) is 11.9 Å². The molecule has 1 aliphatic rings. The molecule has 1 N–H and O–H groups in total. The van der Waals surface area contributed by atoms with Crippen LogP contribution in [0.3, 0.4) is 0 Å². The molecular formula is C14H18N4O2S. The third-order valence-corrected chi connectivity index (χ3v) is 4.32. The summed E-state index contributed by atoms with van der Waals surface area (Å²) in [5.74, 6) is 1.36. The number of carbonyl (C=O) groups is 1. The Morgan fingerprint density at radius 1 is 1.52 bits per heavy atom. The van der Waals surface area contributed by atoms with Gasteiger partial charge in [-0.3, -0.25) is 9.69 Å². The summed E-state index contributed by atoms with van der Waals surface area (Å²) < 4.78 is 5.14. The average Bonchev–Trinajstić information content (AvgIpc) is 3.13. The largest absolute Gasteiger partial charge is 0.349 e. The molecule has 1 aliphatic heterocycles. The molecule has 0 radical (unpaired) electrons. The van der Waals surface area contributed by atoms with E-state index in [4.69, 9.17) is 4.52 Å². The number of nitrogens with one attached hydrogen (secondary N) is 1. The van der Waals surface area contributed by atoms with E-state index >= 15 is 0 Å². The lowest BCUT2D eigenvalue weighted by molar-refractivity contribution is 0.0905. The molecule has 7 heteroatoms. The second kappa shape index (κ2) is 6.36. The topological polar surface area (TPSA) is 71.3 Å². The number of thiophene rings is 1. The summed E-state index contributed by atoms with van der Waals surface area (Å²) in [6.07, 6.45) is 1.89. The van der Waals surface area contributed by atoms with Crippen LogP contribution >= 0.6 is 11.3 Å². The van der Waals surface area contributed by atoms with Crippen LogP contribution in [0.5, 0.6) is 0 Å². The van der Waals surface area contributed by atoms with E-state index in [0.29, 0.717) is 18.3 Å². The van der Waals surface area contributed by atoms with Gasteiger partial charge in [-0.05, 0) is 31.2 Å². The summed E-state index contributed by atoms with van der Waals surface area (Å²) in [4.78, 5) is 18.5. The predicted octanol–water partition coefficient (Wildman–Crippen LogP) is 1.83. The van der Waals surface area contributed by atoms with E-state index in [1.54, 1.807) is 11.3 Å². The molecule has 0 aliphatic carbocycles. The predicted molar refractivity (Wildman–Crippen MR) is 79.1 cm³/mol. The van der Waals surface area contributed by atoms with Crippen LogP contribution in [-0.4, -0.2) is 40.1 Å². The van der Waals surface area contributed by atoms with Crippen LogP contribution in [0, 0.1) is 6.92 Å². The number of likely N-dealkylation sites (tertiary alicyclic amines) is 1. The normalized spacial score (nSPS) is 17.0. The van der Waals surface area contributed by atoms with E-state index in [1.165, 1.54) is 0 Å². The number of nitrogens with zero attached hydrogens (tertiary/aromatic N) is 3. The number of aromatic nitrogens is 2. The molecule has 0 spiro atoms. The van der Waals surface area contributed by atoms with Gasteiger partial charge in [0.1, 0.15) is 0 Å². The maximum absolute atomic E-state index is 12.0. The summed E-state index contributed by atoms with van der Waals surface area (Å²) in [6.45, 7) is 4.36. The third kappa shape index (κ3) is 3.68. The van der Waals surface area contributed by atoms with Crippen molar-refractivity contribution in [2.45, 2.75) is 32.4 Å². The zero-order chi connectivity index (χ0) is 14.7. The summed E-state index contributed by atoms with van der Waals surface area (Å²) in [5, 5.41) is 10.7. The van der Waals surface area contributed by atoms with Crippen molar-refractivity contribution in [1.29, 1.82) is 0 Å². The van der Waals surface area contributed by atoms with Crippen molar-refractivity contribution in [1.82, 2.24) is 20.4 Å². The lowest BCUT2D eigenvalue weighted by atomic mass is 10.0. The number of carbonyl (C=O) groups excluding carboxylic acids is 1. The molecule has 0 bridgehead atoms. The van der Waals surface area contributed by atoms with Gasteiger partial charge in [0.2, 0.25) is 5.89 Å². The molecule has 1 saturated heterocycles. The van der Waals surface area contributed by atoms with Crippen molar-refractivity contribution in [3.8, 4) is 0 Å². The second-order valence-electron chi connectivity index (χ2n) is 5.27. The first-order chi connectivity index (χ1) is 10.2. The van der Waals surface area contributed by atoms with E-state index in [0.717, 1.165) is 31.5 Å². The highest BCUT2D eigenvalue weighted by atomic mass is 32.1. The Hall–Kier alpha value is -1.73. The molecule has 0 atom stereocenters. The van der Waals surface area contributed by atoms with Crippen LogP contribution in [0.1, 0.15) is 34.9 Å². The Morgan fingerprint density at radius 3 is 2.95 bits per heavy atom. The van der Waals surface area contributed by atoms with Crippen molar-refractivity contribution >= 4 is 17.2 Å². The van der Waals surface area contributed by atoms with Gasteiger partial charge in [0.15, 0.2) is 5.82 Å². The number of aryl methyl sites for hydroxylation is 1. The molecule has 2 aromatic heterocycles. The Balaban J connectivity index is 1.45. The lowest BCUT2D eigenvalue weighted by Gasteiger charge is -2.31. The van der Waals surface area contributed by atoms with E-state index in [2.05, 4.69) is 20.4 Å². The lowest BCUT2D eigenvalue weighted by Crippen LogP contribution is -2.44. The Bertz CT molecular complexity index is 588. The first-order valence-electron chi connectivity index (χ1n) is 7.05. The van der Waals surface area contributed by atoms with Gasteiger partial charge in [-0.2, -0.15) is 16.3 Å². The number of rotatable bonds is 4. The van der Waals surface area contributed by atoms with Crippen molar-refractivity contribution in [2.24, 2.45) is 0 Å². The van der Waals surface area contributed by atoms with Gasteiger partial charge in [0.05, 0.1) is 6.54 Å². The first-order valence-corrected chi connectivity index (χ1v) is 7.99. The smallest absolute Gasteiger partial charge is 0.252 e. The van der Waals surface area contributed by atoms with Crippen molar-refractivity contribution in [3.05, 3.63) is 34.1 Å². The van der Waals surface area contributed by atoms with Gasteiger partial charge in [0, 0.05) is 30.1 Å². The average molecular weight is 306 g/mol. The quantitative estimate of drug-likeness (QED) is 0.933. The highest BCUT2D eigenvalue weighted by Gasteiger charge is 2.22. The zero-order valence-corrected chi connectivity index (χ0v) is 12.7. The maximum Gasteiger partial charge on any atom is 0.252 e. The van der Waals surface area contributed by atoms with Crippen molar-refractivity contribution in [3.63, 3.8) is 0 Å². The molecule has 0 saturated carbocycles. The highest BCUT2D eigenvalue weighted by molar-refractivity contribution is 7.08. The minimum atomic E-state index is 0.0298. The van der Waals surface area contributed by atoms with Crippen molar-refractivity contribution in [2.75, 3.05) is 13.1 Å². The van der Waals surface area contributed by atoms with Crippen LogP contribution in [0.25, 0.3) is 0 Å². The van der Waals surface area contributed by atoms with Crippen LogP contribution in [0.2, 0.25) is 0 Å². The Labute approximate surface area is 127 Å². The van der Waals surface area contributed by atoms with E-state index in [9.17, 15) is 4.79 Å². The second-order valence-corrected chi connectivity index (χ2v) is 6.05. The molecule has 112 valence electrons. The van der Waals surface area contributed by atoms with Crippen LogP contribution < -0.4 is 5.32 Å². The highest BCUT2D eigenvalue weighted by Crippen LogP contribution is 2.14. The minimum absolute atomic E-state index is 0.0298. The Morgan fingerprint density at radius 2 is 2.33 bits per heavy atom. The molecule has 1 fully saturated rings. The van der Waals surface area contributed by atoms with Gasteiger partial charge in [-0.25, -0.2) is 0 Å². The molecular weight excluding hydrogens is 288 g/mol. The number of piperidine rings is 1. The molecule has 1 amide bonds. The van der Waals surface area contributed by atoms with Gasteiger partial charge in [-0.15, -0.1) is 0 Å². The van der Waals surface area contributed by atoms with Gasteiger partial charge in [0.25, 0.3) is 5.91 Å². The number of hydrogen-bond donors (Lipinski definition) is 1. The van der Waals surface area contributed by atoms with Gasteiger partial charge in [-0.1, -0.05) is 5.16 Å². The summed E-state index contributed by atoms with van der Waals surface area (Å²) in [6, 6.07) is 2.10. The fourth-order valence-electron chi connectivity index (χ4n) is 2.49. The summed E-state index contributed by atoms with van der Waals surface area (Å²) >= 11 is 1.54. The standard InChI is InChI=1S/C14H18N4O2S/c1-10-15-13(20-17-10)8-18-5-2-12(3-6-18)16-14(19)11-4-7-21-9-11/h4,7,9,12H,2-3,5-6,8H2,1H3,(H,16,19). The SMILES string of the molecule is Cc1noc(CN2CCC(NC(=O)c3ccsc3)CC2)n1. The van der Waals surface area contributed by atoms with Crippen molar-refractivity contribution < 1.29 is 9.32 Å². The summed E-state index contributed by atoms with van der Waals surface area (Å²) in [7, 11) is 0. The monoisotopic (exact) mass is 306 g/mol. The molecule has 6 nitrogen and oxygen atoms in total. The first kappa shape index (κ1) is 14.2. The third-order valence-electron chi connectivity index (χ3n) is 3.63. The fraction of sp³-hybridized carbons (Fsp3) is 0.500. The molecule has 0 aromatic carbocycles. The zero-order valence-electron chi connectivity index (χ0n) is 11.9. The Kier molecular flexibility index (Phi) is 4.31. The van der Waals surface area contributed by atoms with Crippen LogP contribution in [0.15, 0.2) is 21.3 Å². The van der Waals surface area contributed by atoms with Crippen LogP contribution in [0.4, 0.5) is 0 Å². The minimum Gasteiger partial charge on any atom is -0.349 e. The molecule has 3 heterocycles. The van der Waals surface area contributed by atoms with E-state index < -0.39 is 0 Å². The molecule has 2 aromatic rings. The maximum atomic E-state index is 12.0. The van der Waals surface area contributed by atoms with Crippen LogP contribution in [-0.2, 0) is 6.54 Å². The molecule has 21 heavy (non-hydrogen) atoms. The van der Waals surface area contributed by atoms with Gasteiger partial charge < -0.3 is 9.84 Å². The molecule has 3 rings (SSSR count).